The summed E-state index contributed by atoms with van der Waals surface area (Å²) in [5.41, 5.74) is 4.54. The van der Waals surface area contributed by atoms with Crippen LogP contribution in [-0.2, 0) is 0 Å². The Bertz CT molecular complexity index is 922. The van der Waals surface area contributed by atoms with Gasteiger partial charge in [0.1, 0.15) is 5.75 Å². The van der Waals surface area contributed by atoms with Gasteiger partial charge < -0.3 is 15.0 Å². The summed E-state index contributed by atoms with van der Waals surface area (Å²) < 4.78 is 6.06. The van der Waals surface area contributed by atoms with E-state index in [-0.39, 0.29) is 5.91 Å². The third kappa shape index (κ3) is 6.72. The third-order valence-electron chi connectivity index (χ3n) is 6.60. The van der Waals surface area contributed by atoms with Crippen molar-refractivity contribution in [3.05, 3.63) is 63.7 Å². The lowest BCUT2D eigenvalue weighted by Crippen LogP contribution is -2.49. The number of nitrogens with zero attached hydrogens (tertiary/aromatic N) is 2. The summed E-state index contributed by atoms with van der Waals surface area (Å²) in [5, 5.41) is 4.07. The molecule has 1 aliphatic rings. The van der Waals surface area contributed by atoms with Crippen molar-refractivity contribution in [3.8, 4) is 5.75 Å². The Kier molecular flexibility index (Phi) is 9.19. The monoisotopic (exact) mass is 471 g/mol. The van der Waals surface area contributed by atoms with Crippen LogP contribution >= 0.6 is 11.6 Å². The second-order valence-corrected chi connectivity index (χ2v) is 9.66. The van der Waals surface area contributed by atoms with Crippen LogP contribution in [0.25, 0.3) is 0 Å². The van der Waals surface area contributed by atoms with Gasteiger partial charge in [-0.15, -0.1) is 0 Å². The molecule has 0 radical (unpaired) electrons. The maximum atomic E-state index is 12.8. The Morgan fingerprint density at radius 2 is 1.67 bits per heavy atom. The quantitative estimate of drug-likeness (QED) is 0.508. The van der Waals surface area contributed by atoms with Gasteiger partial charge in [0.05, 0.1) is 6.61 Å². The van der Waals surface area contributed by atoms with Crippen molar-refractivity contribution >= 4 is 17.5 Å². The van der Waals surface area contributed by atoms with E-state index in [1.807, 2.05) is 4.90 Å². The number of carbonyl (C=O) groups excluding carboxylic acids is 1. The van der Waals surface area contributed by atoms with Gasteiger partial charge in [-0.1, -0.05) is 31.5 Å². The van der Waals surface area contributed by atoms with Crippen LogP contribution in [0.4, 0.5) is 0 Å². The highest BCUT2D eigenvalue weighted by Gasteiger charge is 2.26. The van der Waals surface area contributed by atoms with Crippen LogP contribution < -0.4 is 10.1 Å². The number of hydrogen-bond donors (Lipinski definition) is 1. The predicted octanol–water partition coefficient (Wildman–Crippen LogP) is 5.24. The lowest BCUT2D eigenvalue weighted by molar-refractivity contribution is 0.0581. The number of amides is 1. The van der Waals surface area contributed by atoms with Crippen LogP contribution in [0.5, 0.6) is 5.75 Å². The molecule has 1 fully saturated rings. The van der Waals surface area contributed by atoms with Crippen molar-refractivity contribution in [1.29, 1.82) is 0 Å². The number of hydrogen-bond acceptors (Lipinski definition) is 4. The van der Waals surface area contributed by atoms with Gasteiger partial charge in [-0.2, -0.15) is 0 Å². The first kappa shape index (κ1) is 25.5. The fourth-order valence-corrected chi connectivity index (χ4v) is 4.48. The minimum Gasteiger partial charge on any atom is -0.493 e. The molecule has 33 heavy (non-hydrogen) atoms. The standard InChI is InChI=1S/C27H38ClN3O2/c1-19(2)29-13-6-18-33-26-12-11-25(20(3)21(26)4)22(5)30-14-16-31(17-15-30)27(32)23-7-9-24(28)10-8-23/h7-12,19,22,29H,6,13-18H2,1-5H3/t22-/m1/s1. The van der Waals surface area contributed by atoms with Crippen molar-refractivity contribution in [2.75, 3.05) is 39.3 Å². The largest absolute Gasteiger partial charge is 0.493 e. The van der Waals surface area contributed by atoms with Crippen LogP contribution in [0, 0.1) is 13.8 Å². The number of nitrogens with one attached hydrogen (secondary N) is 1. The summed E-state index contributed by atoms with van der Waals surface area (Å²) in [6.07, 6.45) is 0.994. The van der Waals surface area contributed by atoms with Gasteiger partial charge in [0.2, 0.25) is 0 Å². The van der Waals surface area contributed by atoms with E-state index in [0.29, 0.717) is 22.7 Å². The van der Waals surface area contributed by atoms with Gasteiger partial charge in [0, 0.05) is 48.8 Å². The van der Waals surface area contributed by atoms with Crippen LogP contribution in [-0.4, -0.2) is 61.1 Å². The fourth-order valence-electron chi connectivity index (χ4n) is 4.35. The Morgan fingerprint density at radius 1 is 1.00 bits per heavy atom. The summed E-state index contributed by atoms with van der Waals surface area (Å²) in [7, 11) is 0. The molecule has 1 N–H and O–H groups in total. The second kappa shape index (κ2) is 11.9. The molecule has 0 spiro atoms. The molecule has 2 aromatic rings. The molecule has 3 rings (SSSR count). The van der Waals surface area contributed by atoms with Crippen LogP contribution in [0.2, 0.25) is 5.02 Å². The molecular formula is C27H38ClN3O2. The summed E-state index contributed by atoms with van der Waals surface area (Å²) in [6.45, 7) is 15.8. The first-order valence-electron chi connectivity index (χ1n) is 12.0. The van der Waals surface area contributed by atoms with Gasteiger partial charge in [0.15, 0.2) is 0 Å². The summed E-state index contributed by atoms with van der Waals surface area (Å²) in [5.74, 6) is 1.06. The molecule has 0 aromatic heterocycles. The molecule has 1 saturated heterocycles. The zero-order chi connectivity index (χ0) is 24.0. The van der Waals surface area contributed by atoms with Gasteiger partial charge in [0.25, 0.3) is 5.91 Å². The molecular weight excluding hydrogens is 434 g/mol. The van der Waals surface area contributed by atoms with E-state index in [9.17, 15) is 4.79 Å². The van der Waals surface area contributed by atoms with Crippen molar-refractivity contribution < 1.29 is 9.53 Å². The first-order valence-corrected chi connectivity index (χ1v) is 12.4. The minimum absolute atomic E-state index is 0.0797. The van der Waals surface area contributed by atoms with Crippen LogP contribution in [0.3, 0.4) is 0 Å². The maximum absolute atomic E-state index is 12.8. The van der Waals surface area contributed by atoms with Gasteiger partial charge >= 0.3 is 0 Å². The predicted molar refractivity (Wildman–Crippen MR) is 137 cm³/mol. The molecule has 5 nitrogen and oxygen atoms in total. The van der Waals surface area contributed by atoms with Gasteiger partial charge in [-0.25, -0.2) is 0 Å². The highest BCUT2D eigenvalue weighted by atomic mass is 35.5. The molecule has 0 saturated carbocycles. The lowest BCUT2D eigenvalue weighted by Gasteiger charge is -2.39. The van der Waals surface area contributed by atoms with E-state index >= 15 is 0 Å². The Labute approximate surface area is 204 Å². The second-order valence-electron chi connectivity index (χ2n) is 9.22. The van der Waals surface area contributed by atoms with Gasteiger partial charge in [-0.05, 0) is 80.8 Å². The van der Waals surface area contributed by atoms with E-state index in [2.05, 4.69) is 57.0 Å². The van der Waals surface area contributed by atoms with E-state index < -0.39 is 0 Å². The smallest absolute Gasteiger partial charge is 0.253 e. The topological polar surface area (TPSA) is 44.8 Å². The lowest BCUT2D eigenvalue weighted by atomic mass is 9.96. The highest BCUT2D eigenvalue weighted by Crippen LogP contribution is 2.31. The molecule has 180 valence electrons. The maximum Gasteiger partial charge on any atom is 0.253 e. The van der Waals surface area contributed by atoms with Crippen LogP contribution in [0.1, 0.15) is 60.3 Å². The molecule has 1 heterocycles. The normalized spacial score (nSPS) is 15.7. The Hall–Kier alpha value is -2.08. The summed E-state index contributed by atoms with van der Waals surface area (Å²) in [4.78, 5) is 17.2. The number of rotatable bonds is 9. The van der Waals surface area contributed by atoms with Gasteiger partial charge in [-0.3, -0.25) is 9.69 Å². The minimum atomic E-state index is 0.0797. The molecule has 6 heteroatoms. The Morgan fingerprint density at radius 3 is 2.30 bits per heavy atom. The Balaban J connectivity index is 1.55. The summed E-state index contributed by atoms with van der Waals surface area (Å²) in [6, 6.07) is 12.3. The van der Waals surface area contributed by atoms with E-state index in [4.69, 9.17) is 16.3 Å². The van der Waals surface area contributed by atoms with Crippen LogP contribution in [0.15, 0.2) is 36.4 Å². The van der Waals surface area contributed by atoms with E-state index in [1.165, 1.54) is 16.7 Å². The average molecular weight is 472 g/mol. The average Bonchev–Trinajstić information content (AvgIpc) is 2.81. The summed E-state index contributed by atoms with van der Waals surface area (Å²) >= 11 is 5.95. The van der Waals surface area contributed by atoms with Crippen molar-refractivity contribution in [1.82, 2.24) is 15.1 Å². The number of ether oxygens (including phenoxy) is 1. The molecule has 0 unspecified atom stereocenters. The van der Waals surface area contributed by atoms with E-state index in [0.717, 1.165) is 51.5 Å². The zero-order valence-corrected chi connectivity index (χ0v) is 21.4. The SMILES string of the molecule is Cc1c(OCCCNC(C)C)ccc([C@@H](C)N2CCN(C(=O)c3ccc(Cl)cc3)CC2)c1C. The highest BCUT2D eigenvalue weighted by molar-refractivity contribution is 6.30. The van der Waals surface area contributed by atoms with Crippen molar-refractivity contribution in [2.45, 2.75) is 53.1 Å². The molecule has 0 aliphatic carbocycles. The molecule has 1 aliphatic heterocycles. The zero-order valence-electron chi connectivity index (χ0n) is 20.7. The number of benzene rings is 2. The molecule has 2 aromatic carbocycles. The van der Waals surface area contributed by atoms with Crippen molar-refractivity contribution in [2.24, 2.45) is 0 Å². The number of halogens is 1. The van der Waals surface area contributed by atoms with E-state index in [1.54, 1.807) is 24.3 Å². The molecule has 0 bridgehead atoms. The van der Waals surface area contributed by atoms with Crippen molar-refractivity contribution in [3.63, 3.8) is 0 Å². The third-order valence-corrected chi connectivity index (χ3v) is 6.85. The first-order chi connectivity index (χ1) is 15.8. The molecule has 1 amide bonds. The number of carbonyl (C=O) groups is 1. The fraction of sp³-hybridized carbons (Fsp3) is 0.519. The molecule has 1 atom stereocenters. The number of piperazine rings is 1.